The van der Waals surface area contributed by atoms with Crippen molar-refractivity contribution in [2.24, 2.45) is 5.92 Å². The molecule has 1 aliphatic rings. The Hall–Kier alpha value is -2.98. The molecule has 1 aliphatic heterocycles. The van der Waals surface area contributed by atoms with Crippen LogP contribution in [0.3, 0.4) is 0 Å². The third-order valence-electron chi connectivity index (χ3n) is 5.95. The van der Waals surface area contributed by atoms with Crippen LogP contribution in [0.25, 0.3) is 0 Å². The summed E-state index contributed by atoms with van der Waals surface area (Å²) in [4.78, 5) is 27.7. The van der Waals surface area contributed by atoms with Gasteiger partial charge < -0.3 is 19.7 Å². The largest absolute Gasteiger partial charge is 0.454 e. The number of anilines is 1. The van der Waals surface area contributed by atoms with Crippen LogP contribution in [0.2, 0.25) is 5.02 Å². The molecule has 0 spiro atoms. The average molecular weight is 552 g/mol. The molecule has 11 heteroatoms. The Morgan fingerprint density at radius 3 is 2.46 bits per heavy atom. The molecule has 2 aromatic carbocycles. The van der Waals surface area contributed by atoms with Crippen LogP contribution in [0.5, 0.6) is 11.5 Å². The summed E-state index contributed by atoms with van der Waals surface area (Å²) in [5, 5.41) is 3.38. The lowest BCUT2D eigenvalue weighted by Gasteiger charge is -2.30. The first-order valence-electron chi connectivity index (χ1n) is 12.1. The third kappa shape index (κ3) is 7.75. The molecule has 2 aromatic rings. The number of rotatable bonds is 12. The quantitative estimate of drug-likeness (QED) is 0.430. The zero-order valence-corrected chi connectivity index (χ0v) is 23.1. The van der Waals surface area contributed by atoms with Gasteiger partial charge in [0.2, 0.25) is 28.6 Å². The minimum absolute atomic E-state index is 0.0445. The van der Waals surface area contributed by atoms with E-state index in [1.54, 1.807) is 37.3 Å². The van der Waals surface area contributed by atoms with Crippen molar-refractivity contribution in [3.8, 4) is 11.5 Å². The molecule has 9 nitrogen and oxygen atoms in total. The fourth-order valence-corrected chi connectivity index (χ4v) is 5.04. The van der Waals surface area contributed by atoms with Gasteiger partial charge in [0.1, 0.15) is 6.04 Å². The van der Waals surface area contributed by atoms with Gasteiger partial charge >= 0.3 is 0 Å². The van der Waals surface area contributed by atoms with Crippen molar-refractivity contribution in [2.75, 3.05) is 30.4 Å². The summed E-state index contributed by atoms with van der Waals surface area (Å²) < 4.78 is 37.0. The monoisotopic (exact) mass is 551 g/mol. The normalized spacial score (nSPS) is 13.4. The van der Waals surface area contributed by atoms with Gasteiger partial charge in [0.25, 0.3) is 0 Å². The maximum atomic E-state index is 13.4. The standard InChI is InChI=1S/C26H34ClN3O6S/c1-18(2)15-28-26(32)19(3)29(16-20-8-5-6-9-22(20)27)25(31)10-7-13-30(37(4,33)34)21-11-12-23-24(14-21)36-17-35-23/h5-6,8-9,11-12,14,18-19H,7,10,13,15-17H2,1-4H3,(H,28,32)/t19-/m0/s1. The summed E-state index contributed by atoms with van der Waals surface area (Å²) in [5.74, 6) is 0.752. The number of benzene rings is 2. The summed E-state index contributed by atoms with van der Waals surface area (Å²) in [6, 6.07) is 11.3. The summed E-state index contributed by atoms with van der Waals surface area (Å²) in [6.45, 7) is 6.48. The number of amides is 2. The van der Waals surface area contributed by atoms with Gasteiger partial charge in [-0.3, -0.25) is 13.9 Å². The van der Waals surface area contributed by atoms with Crippen molar-refractivity contribution in [3.05, 3.63) is 53.1 Å². The van der Waals surface area contributed by atoms with E-state index in [4.69, 9.17) is 21.1 Å². The molecule has 1 heterocycles. The van der Waals surface area contributed by atoms with E-state index >= 15 is 0 Å². The van der Waals surface area contributed by atoms with Crippen molar-refractivity contribution in [1.29, 1.82) is 0 Å². The molecule has 37 heavy (non-hydrogen) atoms. The van der Waals surface area contributed by atoms with Crippen molar-refractivity contribution in [1.82, 2.24) is 10.2 Å². The molecule has 0 fully saturated rings. The highest BCUT2D eigenvalue weighted by molar-refractivity contribution is 7.92. The SMILES string of the molecule is CC(C)CNC(=O)[C@H](C)N(Cc1ccccc1Cl)C(=O)CCCN(c1ccc2c(c1)OCO2)S(C)(=O)=O. The predicted molar refractivity (Wildman–Crippen MR) is 143 cm³/mol. The summed E-state index contributed by atoms with van der Waals surface area (Å²) in [5.41, 5.74) is 1.15. The Morgan fingerprint density at radius 1 is 1.08 bits per heavy atom. The zero-order chi connectivity index (χ0) is 27.2. The van der Waals surface area contributed by atoms with E-state index in [2.05, 4.69) is 5.32 Å². The maximum Gasteiger partial charge on any atom is 0.242 e. The van der Waals surface area contributed by atoms with Crippen molar-refractivity contribution >= 4 is 39.1 Å². The van der Waals surface area contributed by atoms with Gasteiger partial charge in [-0.05, 0) is 43.0 Å². The fraction of sp³-hybridized carbons (Fsp3) is 0.462. The molecule has 0 aliphatic carbocycles. The molecule has 0 radical (unpaired) electrons. The molecular formula is C26H34ClN3O6S. The van der Waals surface area contributed by atoms with E-state index in [1.807, 2.05) is 26.0 Å². The van der Waals surface area contributed by atoms with Gasteiger partial charge in [0.15, 0.2) is 11.5 Å². The fourth-order valence-electron chi connectivity index (χ4n) is 3.89. The highest BCUT2D eigenvalue weighted by Crippen LogP contribution is 2.36. The number of ether oxygens (including phenoxy) is 2. The molecular weight excluding hydrogens is 518 g/mol. The molecule has 0 unspecified atom stereocenters. The molecule has 1 N–H and O–H groups in total. The van der Waals surface area contributed by atoms with E-state index in [0.29, 0.717) is 28.8 Å². The van der Waals surface area contributed by atoms with E-state index in [0.717, 1.165) is 11.8 Å². The van der Waals surface area contributed by atoms with E-state index in [1.165, 1.54) is 9.21 Å². The van der Waals surface area contributed by atoms with Crippen LogP contribution in [-0.4, -0.2) is 57.3 Å². The van der Waals surface area contributed by atoms with Gasteiger partial charge in [-0.25, -0.2) is 8.42 Å². The number of fused-ring (bicyclic) bond motifs is 1. The van der Waals surface area contributed by atoms with Crippen LogP contribution < -0.4 is 19.1 Å². The van der Waals surface area contributed by atoms with E-state index in [-0.39, 0.29) is 50.5 Å². The van der Waals surface area contributed by atoms with Gasteiger partial charge in [-0.2, -0.15) is 0 Å². The van der Waals surface area contributed by atoms with Crippen molar-refractivity contribution in [2.45, 2.75) is 46.2 Å². The third-order valence-corrected chi connectivity index (χ3v) is 7.51. The number of hydrogen-bond acceptors (Lipinski definition) is 6. The molecule has 1 atom stereocenters. The number of nitrogens with one attached hydrogen (secondary N) is 1. The second-order valence-corrected chi connectivity index (χ2v) is 11.7. The Morgan fingerprint density at radius 2 is 1.78 bits per heavy atom. The number of halogens is 1. The van der Waals surface area contributed by atoms with E-state index in [9.17, 15) is 18.0 Å². The zero-order valence-electron chi connectivity index (χ0n) is 21.6. The van der Waals surface area contributed by atoms with Crippen LogP contribution in [0, 0.1) is 5.92 Å². The maximum absolute atomic E-state index is 13.4. The van der Waals surface area contributed by atoms with E-state index < -0.39 is 16.1 Å². The molecule has 202 valence electrons. The van der Waals surface area contributed by atoms with Gasteiger partial charge in [-0.1, -0.05) is 43.6 Å². The first-order valence-corrected chi connectivity index (χ1v) is 14.4. The minimum atomic E-state index is -3.62. The Labute approximate surface area is 223 Å². The van der Waals surface area contributed by atoms with Crippen LogP contribution >= 0.6 is 11.6 Å². The molecule has 0 saturated heterocycles. The predicted octanol–water partition coefficient (Wildman–Crippen LogP) is 3.80. The number of hydrogen-bond donors (Lipinski definition) is 1. The average Bonchev–Trinajstić information content (AvgIpc) is 3.31. The highest BCUT2D eigenvalue weighted by Gasteiger charge is 2.27. The van der Waals surface area contributed by atoms with Crippen molar-refractivity contribution < 1.29 is 27.5 Å². The minimum Gasteiger partial charge on any atom is -0.454 e. The molecule has 0 aromatic heterocycles. The summed E-state index contributed by atoms with van der Waals surface area (Å²) in [7, 11) is -3.62. The second-order valence-electron chi connectivity index (χ2n) is 9.40. The van der Waals surface area contributed by atoms with Crippen LogP contribution in [0.15, 0.2) is 42.5 Å². The Bertz CT molecular complexity index is 1220. The topological polar surface area (TPSA) is 105 Å². The van der Waals surface area contributed by atoms with Crippen molar-refractivity contribution in [3.63, 3.8) is 0 Å². The molecule has 3 rings (SSSR count). The van der Waals surface area contributed by atoms with Gasteiger partial charge in [0, 0.05) is 37.1 Å². The Kier molecular flexibility index (Phi) is 9.67. The lowest BCUT2D eigenvalue weighted by atomic mass is 10.1. The van der Waals surface area contributed by atoms with Crippen LogP contribution in [0.1, 0.15) is 39.2 Å². The van der Waals surface area contributed by atoms with Crippen LogP contribution in [0.4, 0.5) is 5.69 Å². The van der Waals surface area contributed by atoms with Gasteiger partial charge in [0.05, 0.1) is 11.9 Å². The Balaban J connectivity index is 1.73. The molecule has 0 bridgehead atoms. The number of sulfonamides is 1. The first kappa shape index (κ1) is 28.6. The lowest BCUT2D eigenvalue weighted by Crippen LogP contribution is -2.48. The lowest BCUT2D eigenvalue weighted by molar-refractivity contribution is -0.140. The first-order chi connectivity index (χ1) is 17.5. The number of carbonyl (C=O) groups excluding carboxylic acids is 2. The summed E-state index contributed by atoms with van der Waals surface area (Å²) >= 11 is 6.33. The smallest absolute Gasteiger partial charge is 0.242 e. The highest BCUT2D eigenvalue weighted by atomic mass is 35.5. The van der Waals surface area contributed by atoms with Gasteiger partial charge in [-0.15, -0.1) is 0 Å². The molecule has 0 saturated carbocycles. The second kappa shape index (κ2) is 12.5. The number of nitrogens with zero attached hydrogens (tertiary/aromatic N) is 2. The molecule has 2 amide bonds. The summed E-state index contributed by atoms with van der Waals surface area (Å²) in [6.07, 6.45) is 1.41. The van der Waals surface area contributed by atoms with Crippen LogP contribution in [-0.2, 0) is 26.2 Å². The number of carbonyl (C=O) groups is 2.